The maximum atomic E-state index is 12.3. The van der Waals surface area contributed by atoms with Crippen molar-refractivity contribution in [2.75, 3.05) is 32.6 Å². The average molecular weight is 367 g/mol. The van der Waals surface area contributed by atoms with Crippen LogP contribution in [0.15, 0.2) is 54.6 Å². The van der Waals surface area contributed by atoms with Crippen LogP contribution >= 0.6 is 0 Å². The molecule has 6 heteroatoms. The molecule has 6 nitrogen and oxygen atoms in total. The molecule has 2 aromatic rings. The molecule has 0 aliphatic rings. The van der Waals surface area contributed by atoms with Crippen molar-refractivity contribution >= 4 is 23.6 Å². The topological polar surface area (TPSA) is 75.9 Å². The highest BCUT2D eigenvalue weighted by molar-refractivity contribution is 5.91. The summed E-state index contributed by atoms with van der Waals surface area (Å²) >= 11 is 0. The minimum Gasteiger partial charge on any atom is -0.484 e. The van der Waals surface area contributed by atoms with Gasteiger partial charge in [-0.25, -0.2) is 0 Å². The molecule has 0 radical (unpaired) electrons. The number of likely N-dealkylation sites (N-methyl/N-ethyl adjacent to an activating group) is 1. The van der Waals surface area contributed by atoms with Gasteiger partial charge in [-0.3, -0.25) is 9.59 Å². The first-order valence-electron chi connectivity index (χ1n) is 8.56. The second kappa shape index (κ2) is 9.43. The number of nitrogens with zero attached hydrogens (tertiary/aromatic N) is 2. The van der Waals surface area contributed by atoms with E-state index in [0.717, 1.165) is 16.8 Å². The highest BCUT2D eigenvalue weighted by Gasteiger charge is 2.06. The van der Waals surface area contributed by atoms with Gasteiger partial charge in [-0.05, 0) is 41.5 Å². The highest BCUT2D eigenvalue weighted by atomic mass is 16.5. The highest BCUT2D eigenvalue weighted by Crippen LogP contribution is 2.15. The van der Waals surface area contributed by atoms with E-state index in [0.29, 0.717) is 12.3 Å². The predicted octanol–water partition coefficient (Wildman–Crippen LogP) is 2.29. The summed E-state index contributed by atoms with van der Waals surface area (Å²) in [4.78, 5) is 26.7. The van der Waals surface area contributed by atoms with Crippen LogP contribution in [0.2, 0.25) is 0 Å². The molecular weight excluding hydrogens is 342 g/mol. The number of hydrogen-bond donors (Lipinski definition) is 1. The lowest BCUT2D eigenvalue weighted by atomic mass is 10.2. The first kappa shape index (κ1) is 20.0. The maximum absolute atomic E-state index is 12.3. The fraction of sp³-hybridized carbons (Fsp3) is 0.238. The van der Waals surface area contributed by atoms with Crippen molar-refractivity contribution in [3.05, 3.63) is 65.7 Å². The van der Waals surface area contributed by atoms with Crippen molar-refractivity contribution in [1.82, 2.24) is 4.90 Å². The Kier molecular flexibility index (Phi) is 7.00. The van der Waals surface area contributed by atoms with E-state index < -0.39 is 5.91 Å². The summed E-state index contributed by atoms with van der Waals surface area (Å²) in [6.07, 6.45) is 3.28. The van der Waals surface area contributed by atoms with Crippen LogP contribution in [0.3, 0.4) is 0 Å². The second-order valence-corrected chi connectivity index (χ2v) is 6.41. The fourth-order valence-corrected chi connectivity index (χ4v) is 2.38. The zero-order valence-electron chi connectivity index (χ0n) is 15.9. The summed E-state index contributed by atoms with van der Waals surface area (Å²) in [5.74, 6) is -0.0553. The molecule has 0 bridgehead atoms. The zero-order valence-corrected chi connectivity index (χ0v) is 15.9. The van der Waals surface area contributed by atoms with E-state index in [1.165, 1.54) is 6.08 Å². The molecule has 0 unspecified atom stereocenters. The Morgan fingerprint density at radius 2 is 1.63 bits per heavy atom. The Balaban J connectivity index is 1.90. The third-order valence-electron chi connectivity index (χ3n) is 3.93. The number of carbonyl (C=O) groups excluding carboxylic acids is 2. The van der Waals surface area contributed by atoms with E-state index in [4.69, 9.17) is 10.5 Å². The fourth-order valence-electron chi connectivity index (χ4n) is 2.38. The largest absolute Gasteiger partial charge is 0.484 e. The number of nitrogens with two attached hydrogens (primary N) is 1. The van der Waals surface area contributed by atoms with Gasteiger partial charge in [0.05, 0.1) is 0 Å². The Hall–Kier alpha value is -3.28. The monoisotopic (exact) mass is 367 g/mol. The lowest BCUT2D eigenvalue weighted by Crippen LogP contribution is -2.24. The molecule has 0 atom stereocenters. The van der Waals surface area contributed by atoms with Crippen molar-refractivity contribution < 1.29 is 14.3 Å². The number of benzene rings is 2. The van der Waals surface area contributed by atoms with Gasteiger partial charge < -0.3 is 20.3 Å². The van der Waals surface area contributed by atoms with Crippen molar-refractivity contribution in [3.8, 4) is 5.75 Å². The van der Waals surface area contributed by atoms with Crippen LogP contribution in [0.4, 0.5) is 5.69 Å². The van der Waals surface area contributed by atoms with Crippen LogP contribution in [0.1, 0.15) is 11.1 Å². The minimum absolute atomic E-state index is 0.0826. The molecule has 2 amide bonds. The van der Waals surface area contributed by atoms with Gasteiger partial charge in [-0.15, -0.1) is 0 Å². The summed E-state index contributed by atoms with van der Waals surface area (Å²) in [5.41, 5.74) is 8.09. The minimum atomic E-state index is -0.524. The lowest BCUT2D eigenvalue weighted by Gasteiger charge is -2.17. The van der Waals surface area contributed by atoms with Gasteiger partial charge in [0.2, 0.25) is 5.91 Å². The van der Waals surface area contributed by atoms with Crippen molar-refractivity contribution in [1.29, 1.82) is 0 Å². The van der Waals surface area contributed by atoms with E-state index >= 15 is 0 Å². The summed E-state index contributed by atoms with van der Waals surface area (Å²) in [6.45, 7) is 0.380. The number of amides is 2. The number of rotatable bonds is 8. The van der Waals surface area contributed by atoms with Gasteiger partial charge in [-0.1, -0.05) is 24.3 Å². The molecule has 2 N–H and O–H groups in total. The molecule has 0 aromatic heterocycles. The zero-order chi connectivity index (χ0) is 19.8. The third-order valence-corrected chi connectivity index (χ3v) is 3.93. The second-order valence-electron chi connectivity index (χ2n) is 6.41. The summed E-state index contributed by atoms with van der Waals surface area (Å²) in [6, 6.07) is 15.2. The summed E-state index contributed by atoms with van der Waals surface area (Å²) in [5, 5.41) is 0. The van der Waals surface area contributed by atoms with Gasteiger partial charge in [-0.2, -0.15) is 0 Å². The molecule has 27 heavy (non-hydrogen) atoms. The van der Waals surface area contributed by atoms with Crippen LogP contribution in [0.5, 0.6) is 5.75 Å². The van der Waals surface area contributed by atoms with E-state index in [9.17, 15) is 9.59 Å². The number of anilines is 1. The van der Waals surface area contributed by atoms with Gasteiger partial charge >= 0.3 is 0 Å². The van der Waals surface area contributed by atoms with E-state index in [1.807, 2.05) is 43.3 Å². The van der Waals surface area contributed by atoms with Crippen LogP contribution in [0.25, 0.3) is 6.08 Å². The van der Waals surface area contributed by atoms with Crippen LogP contribution in [-0.4, -0.2) is 44.5 Å². The Bertz CT molecular complexity index is 796. The van der Waals surface area contributed by atoms with Crippen LogP contribution in [0, 0.1) is 0 Å². The quantitative estimate of drug-likeness (QED) is 0.727. The molecule has 0 spiro atoms. The van der Waals surface area contributed by atoms with Crippen LogP contribution < -0.4 is 15.4 Å². The maximum Gasteiger partial charge on any atom is 0.255 e. The van der Waals surface area contributed by atoms with E-state index in [2.05, 4.69) is 0 Å². The molecule has 142 valence electrons. The Morgan fingerprint density at radius 3 is 2.19 bits per heavy atom. The molecule has 2 aromatic carbocycles. The van der Waals surface area contributed by atoms with Crippen LogP contribution in [-0.2, 0) is 16.1 Å². The van der Waals surface area contributed by atoms with Crippen molar-refractivity contribution in [2.45, 2.75) is 6.54 Å². The number of hydrogen-bond acceptors (Lipinski definition) is 4. The first-order chi connectivity index (χ1) is 12.8. The molecule has 0 aliphatic heterocycles. The molecular formula is C21H25N3O3. The normalized spacial score (nSPS) is 10.6. The van der Waals surface area contributed by atoms with E-state index in [-0.39, 0.29) is 12.5 Å². The lowest BCUT2D eigenvalue weighted by molar-refractivity contribution is -0.125. The van der Waals surface area contributed by atoms with Gasteiger partial charge in [0.15, 0.2) is 6.61 Å². The third kappa shape index (κ3) is 6.51. The van der Waals surface area contributed by atoms with E-state index in [1.54, 1.807) is 42.3 Å². The van der Waals surface area contributed by atoms with Gasteiger partial charge in [0.1, 0.15) is 5.75 Å². The van der Waals surface area contributed by atoms with Gasteiger partial charge in [0, 0.05) is 39.5 Å². The smallest absolute Gasteiger partial charge is 0.255 e. The van der Waals surface area contributed by atoms with Gasteiger partial charge in [0.25, 0.3) is 5.91 Å². The molecule has 0 heterocycles. The van der Waals surface area contributed by atoms with Crippen molar-refractivity contribution in [3.63, 3.8) is 0 Å². The van der Waals surface area contributed by atoms with Crippen molar-refractivity contribution in [2.24, 2.45) is 5.73 Å². The Labute approximate surface area is 159 Å². The molecule has 2 rings (SSSR count). The molecule has 0 fully saturated rings. The predicted molar refractivity (Wildman–Crippen MR) is 107 cm³/mol. The number of primary amides is 1. The standard InChI is InChI=1S/C21H25N3O3/c1-23(2)18-9-4-17(5-10-18)14-24(3)21(26)13-8-16-6-11-19(12-7-16)27-15-20(22)25/h4-13H,14-15H2,1-3H3,(H2,22,25)/b13-8+. The summed E-state index contributed by atoms with van der Waals surface area (Å²) < 4.78 is 5.20. The number of ether oxygens (including phenoxy) is 1. The molecule has 0 saturated heterocycles. The molecule has 0 saturated carbocycles. The molecule has 0 aliphatic carbocycles. The average Bonchev–Trinajstić information content (AvgIpc) is 2.65. The summed E-state index contributed by atoms with van der Waals surface area (Å²) in [7, 11) is 5.75. The Morgan fingerprint density at radius 1 is 1.00 bits per heavy atom. The number of carbonyl (C=O) groups is 2. The SMILES string of the molecule is CN(Cc1ccc(N(C)C)cc1)C(=O)/C=C/c1ccc(OCC(N)=O)cc1. The first-order valence-corrected chi connectivity index (χ1v) is 8.56.